The normalized spacial score (nSPS) is 16.0. The van der Waals surface area contributed by atoms with E-state index in [4.69, 9.17) is 4.42 Å². The maximum Gasteiger partial charge on any atom is 0.290 e. The monoisotopic (exact) mass is 516 g/mol. The van der Waals surface area contributed by atoms with Crippen LogP contribution in [0, 0.1) is 13.8 Å². The van der Waals surface area contributed by atoms with Gasteiger partial charge in [-0.15, -0.1) is 0 Å². The van der Waals surface area contributed by atoms with Gasteiger partial charge in [0.25, 0.3) is 5.91 Å². The Morgan fingerprint density at radius 2 is 1.97 bits per heavy atom. The van der Waals surface area contributed by atoms with Crippen LogP contribution in [0.25, 0.3) is 11.0 Å². The molecule has 1 unspecified atom stereocenters. The van der Waals surface area contributed by atoms with Crippen molar-refractivity contribution in [1.29, 1.82) is 0 Å². The Hall–Kier alpha value is -3.71. The van der Waals surface area contributed by atoms with Gasteiger partial charge in [-0.25, -0.2) is 0 Å². The maximum absolute atomic E-state index is 13.6. The summed E-state index contributed by atoms with van der Waals surface area (Å²) < 4.78 is 6.64. The molecule has 0 aliphatic carbocycles. The lowest BCUT2D eigenvalue weighted by Gasteiger charge is -2.27. The average molecular weight is 517 g/mol. The number of aliphatic hydroxyl groups is 1. The summed E-state index contributed by atoms with van der Waals surface area (Å²) in [5.41, 5.74) is 4.19. The number of aromatic nitrogens is 1. The minimum Gasteiger partial charge on any atom is -0.503 e. The van der Waals surface area contributed by atoms with Gasteiger partial charge in [-0.05, 0) is 60.9 Å². The van der Waals surface area contributed by atoms with Crippen molar-refractivity contribution in [3.05, 3.63) is 111 Å². The van der Waals surface area contributed by atoms with Crippen molar-refractivity contribution in [2.75, 3.05) is 0 Å². The first kappa shape index (κ1) is 22.1. The number of carbonyl (C=O) groups is 2. The van der Waals surface area contributed by atoms with Gasteiger partial charge in [0, 0.05) is 28.8 Å². The fourth-order valence-electron chi connectivity index (χ4n) is 4.35. The number of nitrogens with zero attached hydrogens (tertiary/aromatic N) is 2. The zero-order valence-corrected chi connectivity index (χ0v) is 20.2. The fraction of sp³-hybridized carbons (Fsp3) is 0.148. The van der Waals surface area contributed by atoms with Gasteiger partial charge in [-0.1, -0.05) is 45.8 Å². The summed E-state index contributed by atoms with van der Waals surface area (Å²) in [5.74, 6) is -1.64. The third-order valence-electron chi connectivity index (χ3n) is 6.10. The van der Waals surface area contributed by atoms with Crippen LogP contribution in [-0.4, -0.2) is 26.7 Å². The lowest BCUT2D eigenvalue weighted by atomic mass is 9.95. The van der Waals surface area contributed by atoms with E-state index in [1.807, 2.05) is 44.2 Å². The summed E-state index contributed by atoms with van der Waals surface area (Å²) in [5, 5.41) is 11.7. The number of aliphatic hydroxyl groups excluding tert-OH is 1. The highest BCUT2D eigenvalue weighted by Crippen LogP contribution is 2.40. The molecular weight excluding hydrogens is 496 g/mol. The fourth-order valence-corrected chi connectivity index (χ4v) is 4.72. The molecule has 7 heteroatoms. The van der Waals surface area contributed by atoms with Crippen LogP contribution in [0.4, 0.5) is 0 Å². The first-order valence-corrected chi connectivity index (χ1v) is 11.6. The van der Waals surface area contributed by atoms with Crippen molar-refractivity contribution < 1.29 is 19.1 Å². The molecule has 2 aromatic carbocycles. The molecule has 0 radical (unpaired) electrons. The van der Waals surface area contributed by atoms with Gasteiger partial charge in [0.05, 0.1) is 11.6 Å². The second-order valence-corrected chi connectivity index (χ2v) is 9.35. The molecule has 34 heavy (non-hydrogen) atoms. The summed E-state index contributed by atoms with van der Waals surface area (Å²) in [7, 11) is 0. The van der Waals surface area contributed by atoms with Gasteiger partial charge in [0.2, 0.25) is 5.78 Å². The molecule has 4 aromatic rings. The number of halogens is 1. The smallest absolute Gasteiger partial charge is 0.290 e. The van der Waals surface area contributed by atoms with Crippen LogP contribution in [0.5, 0.6) is 0 Å². The van der Waals surface area contributed by atoms with Crippen molar-refractivity contribution in [3.63, 3.8) is 0 Å². The number of benzene rings is 2. The SMILES string of the molecule is Cc1ccc(C)c(CN2C(=O)C(O)=C(C(=O)c3cc4cc(Br)ccc4o3)C2c2cccnc2)c1. The molecule has 0 bridgehead atoms. The number of furan rings is 1. The largest absolute Gasteiger partial charge is 0.503 e. The van der Waals surface area contributed by atoms with E-state index in [-0.39, 0.29) is 17.9 Å². The van der Waals surface area contributed by atoms with E-state index in [9.17, 15) is 14.7 Å². The number of hydrogen-bond donors (Lipinski definition) is 1. The molecule has 1 aliphatic heterocycles. The second kappa shape index (κ2) is 8.57. The van der Waals surface area contributed by atoms with Gasteiger partial charge < -0.3 is 14.4 Å². The van der Waals surface area contributed by atoms with E-state index in [0.29, 0.717) is 11.1 Å². The number of hydrogen-bond acceptors (Lipinski definition) is 5. The van der Waals surface area contributed by atoms with Gasteiger partial charge in [0.15, 0.2) is 11.5 Å². The highest BCUT2D eigenvalue weighted by Gasteiger charge is 2.44. The number of Topliss-reactive ketones (excluding diaryl/α,β-unsaturated/α-hetero) is 1. The van der Waals surface area contributed by atoms with E-state index in [1.165, 1.54) is 4.90 Å². The lowest BCUT2D eigenvalue weighted by Crippen LogP contribution is -2.31. The first-order valence-electron chi connectivity index (χ1n) is 10.8. The third-order valence-corrected chi connectivity index (χ3v) is 6.59. The Kier molecular flexibility index (Phi) is 5.57. The van der Waals surface area contributed by atoms with Gasteiger partial charge >= 0.3 is 0 Å². The van der Waals surface area contributed by atoms with Crippen molar-refractivity contribution in [1.82, 2.24) is 9.88 Å². The Balaban J connectivity index is 1.60. The lowest BCUT2D eigenvalue weighted by molar-refractivity contribution is -0.130. The van der Waals surface area contributed by atoms with Crippen molar-refractivity contribution in [2.24, 2.45) is 0 Å². The standard InChI is InChI=1S/C27H21BrN2O4/c1-15-5-6-16(2)19(10-15)14-30-24(17-4-3-9-29-13-17)23(26(32)27(30)33)25(31)22-12-18-11-20(28)7-8-21(18)34-22/h3-13,24,32H,14H2,1-2H3. The molecule has 1 atom stereocenters. The second-order valence-electron chi connectivity index (χ2n) is 8.44. The number of carbonyl (C=O) groups excluding carboxylic acids is 2. The predicted molar refractivity (Wildman–Crippen MR) is 131 cm³/mol. The summed E-state index contributed by atoms with van der Waals surface area (Å²) in [4.78, 5) is 32.6. The highest BCUT2D eigenvalue weighted by molar-refractivity contribution is 9.10. The number of amides is 1. The number of pyridine rings is 1. The summed E-state index contributed by atoms with van der Waals surface area (Å²) in [6.07, 6.45) is 3.23. The van der Waals surface area contributed by atoms with Gasteiger partial charge in [-0.2, -0.15) is 0 Å². The van der Waals surface area contributed by atoms with Crippen molar-refractivity contribution in [3.8, 4) is 0 Å². The number of fused-ring (bicyclic) bond motifs is 1. The summed E-state index contributed by atoms with van der Waals surface area (Å²) in [6.45, 7) is 4.19. The van der Waals surface area contributed by atoms with Crippen molar-refractivity contribution >= 4 is 38.6 Å². The molecule has 0 saturated heterocycles. The molecule has 6 nitrogen and oxygen atoms in total. The van der Waals surface area contributed by atoms with Crippen LogP contribution >= 0.6 is 15.9 Å². The van der Waals surface area contributed by atoms with E-state index < -0.39 is 23.5 Å². The highest BCUT2D eigenvalue weighted by atomic mass is 79.9. The molecule has 1 N–H and O–H groups in total. The minimum atomic E-state index is -0.798. The third kappa shape index (κ3) is 3.82. The van der Waals surface area contributed by atoms with E-state index >= 15 is 0 Å². The summed E-state index contributed by atoms with van der Waals surface area (Å²) in [6, 6.07) is 15.8. The predicted octanol–water partition coefficient (Wildman–Crippen LogP) is 5.99. The van der Waals surface area contributed by atoms with Crippen LogP contribution in [0.3, 0.4) is 0 Å². The Morgan fingerprint density at radius 1 is 1.15 bits per heavy atom. The van der Waals surface area contributed by atoms with E-state index in [1.54, 1.807) is 36.7 Å². The van der Waals surface area contributed by atoms with Gasteiger partial charge in [-0.3, -0.25) is 14.6 Å². The number of aryl methyl sites for hydroxylation is 2. The molecule has 1 aliphatic rings. The van der Waals surface area contributed by atoms with Crippen LogP contribution in [0.2, 0.25) is 0 Å². The Bertz CT molecular complexity index is 1470. The number of ketones is 1. The van der Waals surface area contributed by atoms with E-state index in [0.717, 1.165) is 26.5 Å². The molecule has 1 amide bonds. The Morgan fingerprint density at radius 3 is 2.74 bits per heavy atom. The number of rotatable bonds is 5. The zero-order valence-electron chi connectivity index (χ0n) is 18.6. The maximum atomic E-state index is 13.6. The molecule has 0 spiro atoms. The molecule has 0 fully saturated rings. The quantitative estimate of drug-likeness (QED) is 0.329. The minimum absolute atomic E-state index is 0.0126. The average Bonchev–Trinajstić information content (AvgIpc) is 3.35. The van der Waals surface area contributed by atoms with Crippen LogP contribution < -0.4 is 0 Å². The van der Waals surface area contributed by atoms with Crippen LogP contribution in [0.1, 0.15) is 38.9 Å². The first-order chi connectivity index (χ1) is 16.3. The van der Waals surface area contributed by atoms with Crippen LogP contribution in [0.15, 0.2) is 87.2 Å². The molecular formula is C27H21BrN2O4. The topological polar surface area (TPSA) is 83.6 Å². The van der Waals surface area contributed by atoms with Gasteiger partial charge in [0.1, 0.15) is 5.58 Å². The molecule has 170 valence electrons. The molecule has 3 heterocycles. The summed E-state index contributed by atoms with van der Waals surface area (Å²) >= 11 is 3.42. The van der Waals surface area contributed by atoms with Crippen LogP contribution in [-0.2, 0) is 11.3 Å². The molecule has 2 aromatic heterocycles. The Labute approximate surface area is 204 Å². The zero-order chi connectivity index (χ0) is 24.0. The molecule has 0 saturated carbocycles. The van der Waals surface area contributed by atoms with E-state index in [2.05, 4.69) is 20.9 Å². The molecule has 5 rings (SSSR count). The van der Waals surface area contributed by atoms with Crippen molar-refractivity contribution in [2.45, 2.75) is 26.4 Å².